The highest BCUT2D eigenvalue weighted by atomic mass is 35.5. The first-order valence-corrected chi connectivity index (χ1v) is 8.05. The van der Waals surface area contributed by atoms with E-state index in [-0.39, 0.29) is 12.6 Å². The zero-order valence-electron chi connectivity index (χ0n) is 13.8. The molecule has 24 heavy (non-hydrogen) atoms. The lowest BCUT2D eigenvalue weighted by Crippen LogP contribution is -2.37. The summed E-state index contributed by atoms with van der Waals surface area (Å²) in [6.45, 7) is 0.511. The van der Waals surface area contributed by atoms with Crippen molar-refractivity contribution in [2.24, 2.45) is 0 Å². The highest BCUT2D eigenvalue weighted by Crippen LogP contribution is 2.21. The van der Waals surface area contributed by atoms with Crippen LogP contribution in [0.4, 0.5) is 10.5 Å². The van der Waals surface area contributed by atoms with Crippen LogP contribution >= 0.6 is 11.6 Å². The zero-order valence-corrected chi connectivity index (χ0v) is 14.5. The number of urea groups is 1. The molecule has 2 aromatic carbocycles. The summed E-state index contributed by atoms with van der Waals surface area (Å²) < 4.78 is 0. The van der Waals surface area contributed by atoms with Gasteiger partial charge < -0.3 is 20.6 Å². The highest BCUT2D eigenvalue weighted by molar-refractivity contribution is 6.31. The van der Waals surface area contributed by atoms with Gasteiger partial charge in [0.05, 0.1) is 6.10 Å². The first-order chi connectivity index (χ1) is 11.5. The Balaban J connectivity index is 1.78. The standard InChI is InChI=1S/C18H22ClN3O2/c1-22(2)14-9-7-13(8-10-14)11-20-18(24)21-12-17(23)15-5-3-4-6-16(15)19/h3-10,17,23H,11-12H2,1-2H3,(H2,20,21,24). The van der Waals surface area contributed by atoms with E-state index < -0.39 is 6.10 Å². The normalized spacial score (nSPS) is 11.7. The van der Waals surface area contributed by atoms with Gasteiger partial charge in [-0.25, -0.2) is 4.79 Å². The van der Waals surface area contributed by atoms with E-state index in [1.165, 1.54) is 0 Å². The van der Waals surface area contributed by atoms with E-state index in [2.05, 4.69) is 10.6 Å². The molecule has 0 aromatic heterocycles. The van der Waals surface area contributed by atoms with Crippen molar-refractivity contribution in [1.82, 2.24) is 10.6 Å². The molecule has 128 valence electrons. The van der Waals surface area contributed by atoms with Crippen molar-refractivity contribution in [2.75, 3.05) is 25.5 Å². The Bertz CT molecular complexity index is 674. The molecule has 0 saturated carbocycles. The maximum absolute atomic E-state index is 11.8. The van der Waals surface area contributed by atoms with Crippen molar-refractivity contribution in [3.05, 3.63) is 64.7 Å². The predicted octanol–water partition coefficient (Wildman–Crippen LogP) is 2.94. The Labute approximate surface area is 147 Å². The number of nitrogens with zero attached hydrogens (tertiary/aromatic N) is 1. The number of anilines is 1. The fourth-order valence-electron chi connectivity index (χ4n) is 2.20. The van der Waals surface area contributed by atoms with E-state index in [0.29, 0.717) is 17.1 Å². The SMILES string of the molecule is CN(C)c1ccc(CNC(=O)NCC(O)c2ccccc2Cl)cc1. The Hall–Kier alpha value is -2.24. The molecule has 5 nitrogen and oxygen atoms in total. The fraction of sp³-hybridized carbons (Fsp3) is 0.278. The van der Waals surface area contributed by atoms with Gasteiger partial charge in [0, 0.05) is 43.5 Å². The first kappa shape index (κ1) is 18.1. The van der Waals surface area contributed by atoms with Crippen molar-refractivity contribution >= 4 is 23.3 Å². The third kappa shape index (κ3) is 5.15. The minimum absolute atomic E-state index is 0.0924. The Kier molecular flexibility index (Phi) is 6.46. The predicted molar refractivity (Wildman–Crippen MR) is 97.4 cm³/mol. The maximum Gasteiger partial charge on any atom is 0.315 e. The van der Waals surface area contributed by atoms with Crippen LogP contribution in [0.1, 0.15) is 17.2 Å². The molecular formula is C18H22ClN3O2. The quantitative estimate of drug-likeness (QED) is 0.752. The number of carbonyl (C=O) groups is 1. The molecule has 0 aliphatic carbocycles. The Morgan fingerprint density at radius 3 is 2.42 bits per heavy atom. The molecule has 0 saturated heterocycles. The first-order valence-electron chi connectivity index (χ1n) is 7.68. The van der Waals surface area contributed by atoms with Crippen LogP contribution in [0, 0.1) is 0 Å². The number of nitrogens with one attached hydrogen (secondary N) is 2. The number of aliphatic hydroxyl groups is 1. The van der Waals surface area contributed by atoms with E-state index in [0.717, 1.165) is 11.3 Å². The van der Waals surface area contributed by atoms with Crippen LogP contribution in [0.15, 0.2) is 48.5 Å². The van der Waals surface area contributed by atoms with Crippen LogP contribution in [0.3, 0.4) is 0 Å². The Morgan fingerprint density at radius 2 is 1.79 bits per heavy atom. The summed E-state index contributed by atoms with van der Waals surface area (Å²) in [6.07, 6.45) is -0.844. The third-order valence-corrected chi connectivity index (χ3v) is 3.97. The average molecular weight is 348 g/mol. The zero-order chi connectivity index (χ0) is 17.5. The van der Waals surface area contributed by atoms with Crippen LogP contribution in [-0.4, -0.2) is 31.8 Å². The molecule has 0 bridgehead atoms. The molecule has 2 rings (SSSR count). The lowest BCUT2D eigenvalue weighted by atomic mass is 10.1. The second-order valence-corrected chi connectivity index (χ2v) is 6.07. The number of hydrogen-bond acceptors (Lipinski definition) is 3. The average Bonchev–Trinajstić information content (AvgIpc) is 2.58. The summed E-state index contributed by atoms with van der Waals surface area (Å²) >= 11 is 6.02. The molecule has 6 heteroatoms. The van der Waals surface area contributed by atoms with Gasteiger partial charge in [-0.1, -0.05) is 41.9 Å². The van der Waals surface area contributed by atoms with Gasteiger partial charge in [-0.15, -0.1) is 0 Å². The minimum Gasteiger partial charge on any atom is -0.387 e. The topological polar surface area (TPSA) is 64.6 Å². The summed E-state index contributed by atoms with van der Waals surface area (Å²) in [5.74, 6) is 0. The molecule has 1 atom stereocenters. The number of hydrogen-bond donors (Lipinski definition) is 3. The Morgan fingerprint density at radius 1 is 1.12 bits per heavy atom. The third-order valence-electron chi connectivity index (χ3n) is 3.63. The van der Waals surface area contributed by atoms with Crippen molar-refractivity contribution < 1.29 is 9.90 Å². The van der Waals surface area contributed by atoms with Gasteiger partial charge >= 0.3 is 6.03 Å². The van der Waals surface area contributed by atoms with E-state index in [1.807, 2.05) is 43.3 Å². The van der Waals surface area contributed by atoms with E-state index in [1.54, 1.807) is 24.3 Å². The smallest absolute Gasteiger partial charge is 0.315 e. The van der Waals surface area contributed by atoms with Gasteiger partial charge in [-0.2, -0.15) is 0 Å². The molecule has 1 unspecified atom stereocenters. The fourth-order valence-corrected chi connectivity index (χ4v) is 2.46. The monoisotopic (exact) mass is 347 g/mol. The van der Waals surface area contributed by atoms with Gasteiger partial charge in [-0.05, 0) is 23.8 Å². The largest absolute Gasteiger partial charge is 0.387 e. The summed E-state index contributed by atoms with van der Waals surface area (Å²) in [6, 6.07) is 14.6. The number of rotatable bonds is 6. The van der Waals surface area contributed by atoms with Gasteiger partial charge in [0.1, 0.15) is 0 Å². The number of benzene rings is 2. The maximum atomic E-state index is 11.8. The van der Waals surface area contributed by atoms with Crippen LogP contribution < -0.4 is 15.5 Å². The summed E-state index contributed by atoms with van der Waals surface area (Å²) in [4.78, 5) is 13.9. The summed E-state index contributed by atoms with van der Waals surface area (Å²) in [7, 11) is 3.95. The molecule has 2 aromatic rings. The van der Waals surface area contributed by atoms with Gasteiger partial charge in [0.15, 0.2) is 0 Å². The van der Waals surface area contributed by atoms with Crippen LogP contribution in [0.5, 0.6) is 0 Å². The van der Waals surface area contributed by atoms with Gasteiger partial charge in [0.2, 0.25) is 0 Å². The van der Waals surface area contributed by atoms with E-state index in [4.69, 9.17) is 11.6 Å². The second kappa shape index (κ2) is 8.57. The van der Waals surface area contributed by atoms with Crippen molar-refractivity contribution in [3.63, 3.8) is 0 Å². The number of halogens is 1. The van der Waals surface area contributed by atoms with Gasteiger partial charge in [-0.3, -0.25) is 0 Å². The summed E-state index contributed by atoms with van der Waals surface area (Å²) in [5.41, 5.74) is 2.70. The number of amides is 2. The lowest BCUT2D eigenvalue weighted by Gasteiger charge is -2.15. The lowest BCUT2D eigenvalue weighted by molar-refractivity contribution is 0.173. The number of aliphatic hydroxyl groups excluding tert-OH is 1. The highest BCUT2D eigenvalue weighted by Gasteiger charge is 2.12. The summed E-state index contributed by atoms with van der Waals surface area (Å²) in [5, 5.41) is 16.0. The van der Waals surface area contributed by atoms with Crippen LogP contribution in [0.2, 0.25) is 5.02 Å². The van der Waals surface area contributed by atoms with Crippen LogP contribution in [0.25, 0.3) is 0 Å². The molecule has 0 spiro atoms. The second-order valence-electron chi connectivity index (χ2n) is 5.66. The molecule has 0 aliphatic heterocycles. The minimum atomic E-state index is -0.844. The van der Waals surface area contributed by atoms with Gasteiger partial charge in [0.25, 0.3) is 0 Å². The van der Waals surface area contributed by atoms with Crippen molar-refractivity contribution in [3.8, 4) is 0 Å². The van der Waals surface area contributed by atoms with Crippen LogP contribution in [-0.2, 0) is 6.54 Å². The molecule has 0 heterocycles. The molecule has 0 radical (unpaired) electrons. The molecular weight excluding hydrogens is 326 g/mol. The molecule has 0 aliphatic rings. The molecule has 0 fully saturated rings. The van der Waals surface area contributed by atoms with E-state index in [9.17, 15) is 9.90 Å². The molecule has 2 amide bonds. The van der Waals surface area contributed by atoms with Crippen molar-refractivity contribution in [2.45, 2.75) is 12.6 Å². The van der Waals surface area contributed by atoms with E-state index >= 15 is 0 Å². The number of carbonyl (C=O) groups excluding carboxylic acids is 1. The molecule has 3 N–H and O–H groups in total. The van der Waals surface area contributed by atoms with Crippen molar-refractivity contribution in [1.29, 1.82) is 0 Å².